The van der Waals surface area contributed by atoms with Gasteiger partial charge in [-0.25, -0.2) is 9.97 Å². The minimum Gasteiger partial charge on any atom is -0.458 e. The molecule has 3 rings (SSSR count). The summed E-state index contributed by atoms with van der Waals surface area (Å²) in [6.45, 7) is 2.76. The molecule has 0 aliphatic carbocycles. The fraction of sp³-hybridized carbons (Fsp3) is 0.421. The molecule has 0 saturated carbocycles. The highest BCUT2D eigenvalue weighted by Gasteiger charge is 2.32. The fourth-order valence-corrected chi connectivity index (χ4v) is 2.97. The second-order valence-corrected chi connectivity index (χ2v) is 6.44. The molecule has 5 nitrogen and oxygen atoms in total. The van der Waals surface area contributed by atoms with Crippen molar-refractivity contribution in [2.45, 2.75) is 38.5 Å². The van der Waals surface area contributed by atoms with Gasteiger partial charge in [-0.3, -0.25) is 4.79 Å². The molecular weight excluding hydrogens is 359 g/mol. The maximum absolute atomic E-state index is 12.9. The van der Waals surface area contributed by atoms with Gasteiger partial charge in [0, 0.05) is 24.5 Å². The molecule has 27 heavy (non-hydrogen) atoms. The lowest BCUT2D eigenvalue weighted by Crippen LogP contribution is -2.44. The molecule has 1 unspecified atom stereocenters. The van der Waals surface area contributed by atoms with E-state index in [0.717, 1.165) is 30.5 Å². The van der Waals surface area contributed by atoms with Crippen molar-refractivity contribution in [1.29, 1.82) is 0 Å². The van der Waals surface area contributed by atoms with E-state index in [1.165, 1.54) is 17.0 Å². The van der Waals surface area contributed by atoms with Crippen molar-refractivity contribution in [3.05, 3.63) is 53.3 Å². The van der Waals surface area contributed by atoms with Crippen molar-refractivity contribution in [2.75, 3.05) is 13.1 Å². The van der Waals surface area contributed by atoms with E-state index in [1.54, 1.807) is 12.4 Å². The molecule has 1 aromatic carbocycles. The Morgan fingerprint density at radius 1 is 1.30 bits per heavy atom. The lowest BCUT2D eigenvalue weighted by Gasteiger charge is -2.32. The van der Waals surface area contributed by atoms with Crippen LogP contribution in [-0.4, -0.2) is 40.0 Å². The number of benzene rings is 1. The third kappa shape index (κ3) is 4.75. The van der Waals surface area contributed by atoms with E-state index in [-0.39, 0.29) is 24.2 Å². The average molecular weight is 379 g/mol. The van der Waals surface area contributed by atoms with Gasteiger partial charge in [-0.05, 0) is 43.0 Å². The van der Waals surface area contributed by atoms with Gasteiger partial charge in [-0.1, -0.05) is 13.0 Å². The summed E-state index contributed by atoms with van der Waals surface area (Å²) in [5.41, 5.74) is 0.184. The van der Waals surface area contributed by atoms with Crippen molar-refractivity contribution >= 4 is 5.91 Å². The SMILES string of the molecule is CCc1cnc(OC2CCCN(C(=O)c3cccc(C(F)(F)F)c3)C2)nc1. The van der Waals surface area contributed by atoms with Gasteiger partial charge in [0.2, 0.25) is 0 Å². The number of carbonyl (C=O) groups excluding carboxylic acids is 1. The van der Waals surface area contributed by atoms with Gasteiger partial charge in [0.15, 0.2) is 0 Å². The van der Waals surface area contributed by atoms with Crippen molar-refractivity contribution in [2.24, 2.45) is 0 Å². The van der Waals surface area contributed by atoms with E-state index in [9.17, 15) is 18.0 Å². The van der Waals surface area contributed by atoms with E-state index in [1.807, 2.05) is 6.92 Å². The van der Waals surface area contributed by atoms with Crippen LogP contribution in [0.15, 0.2) is 36.7 Å². The Morgan fingerprint density at radius 2 is 2.04 bits per heavy atom. The summed E-state index contributed by atoms with van der Waals surface area (Å²) in [4.78, 5) is 22.4. The highest BCUT2D eigenvalue weighted by atomic mass is 19.4. The normalized spacial score (nSPS) is 17.6. The summed E-state index contributed by atoms with van der Waals surface area (Å²) in [5, 5.41) is 0. The summed E-state index contributed by atoms with van der Waals surface area (Å²) in [5.74, 6) is -0.434. The highest BCUT2D eigenvalue weighted by molar-refractivity contribution is 5.94. The fourth-order valence-electron chi connectivity index (χ4n) is 2.97. The Kier molecular flexibility index (Phi) is 5.62. The lowest BCUT2D eigenvalue weighted by molar-refractivity contribution is -0.137. The van der Waals surface area contributed by atoms with Gasteiger partial charge in [-0.15, -0.1) is 0 Å². The van der Waals surface area contributed by atoms with Crippen molar-refractivity contribution in [3.8, 4) is 6.01 Å². The van der Waals surface area contributed by atoms with Crippen molar-refractivity contribution in [3.63, 3.8) is 0 Å². The first-order chi connectivity index (χ1) is 12.9. The number of carbonyl (C=O) groups is 1. The maximum atomic E-state index is 12.9. The molecule has 1 aliphatic rings. The van der Waals surface area contributed by atoms with Gasteiger partial charge in [-0.2, -0.15) is 13.2 Å². The third-order valence-electron chi connectivity index (χ3n) is 4.46. The molecule has 1 aromatic heterocycles. The molecule has 0 radical (unpaired) electrons. The van der Waals surface area contributed by atoms with E-state index < -0.39 is 17.6 Å². The third-order valence-corrected chi connectivity index (χ3v) is 4.46. The van der Waals surface area contributed by atoms with Crippen LogP contribution in [0, 0.1) is 0 Å². The Balaban J connectivity index is 1.67. The number of alkyl halides is 3. The number of ether oxygens (including phenoxy) is 1. The number of likely N-dealkylation sites (tertiary alicyclic amines) is 1. The number of aryl methyl sites for hydroxylation is 1. The first kappa shape index (κ1) is 19.1. The van der Waals surface area contributed by atoms with E-state index in [2.05, 4.69) is 9.97 Å². The number of rotatable bonds is 4. The largest absolute Gasteiger partial charge is 0.458 e. The molecule has 0 N–H and O–H groups in total. The molecule has 1 atom stereocenters. The number of hydrogen-bond acceptors (Lipinski definition) is 4. The minimum absolute atomic E-state index is 0.0222. The molecule has 8 heteroatoms. The van der Waals surface area contributed by atoms with Crippen LogP contribution in [-0.2, 0) is 12.6 Å². The quantitative estimate of drug-likeness (QED) is 0.812. The molecule has 144 valence electrons. The summed E-state index contributed by atoms with van der Waals surface area (Å²) in [6, 6.07) is 4.73. The second kappa shape index (κ2) is 7.94. The first-order valence-electron chi connectivity index (χ1n) is 8.81. The molecule has 2 aromatic rings. The van der Waals surface area contributed by atoms with Crippen LogP contribution >= 0.6 is 0 Å². The number of aromatic nitrogens is 2. The van der Waals surface area contributed by atoms with Crippen LogP contribution in [0.1, 0.15) is 41.3 Å². The van der Waals surface area contributed by atoms with E-state index >= 15 is 0 Å². The van der Waals surface area contributed by atoms with Gasteiger partial charge < -0.3 is 9.64 Å². The van der Waals surface area contributed by atoms with E-state index in [4.69, 9.17) is 4.74 Å². The molecule has 2 heterocycles. The summed E-state index contributed by atoms with van der Waals surface area (Å²) in [7, 11) is 0. The highest BCUT2D eigenvalue weighted by Crippen LogP contribution is 2.30. The Bertz CT molecular complexity index is 794. The van der Waals surface area contributed by atoms with Gasteiger partial charge in [0.1, 0.15) is 6.10 Å². The van der Waals surface area contributed by atoms with Gasteiger partial charge >= 0.3 is 12.2 Å². The summed E-state index contributed by atoms with van der Waals surface area (Å²) < 4.78 is 44.4. The number of hydrogen-bond donors (Lipinski definition) is 0. The molecule has 0 bridgehead atoms. The van der Waals surface area contributed by atoms with Gasteiger partial charge in [0.05, 0.1) is 12.1 Å². The maximum Gasteiger partial charge on any atom is 0.416 e. The summed E-state index contributed by atoms with van der Waals surface area (Å²) in [6.07, 6.45) is 0.858. The Hall–Kier alpha value is -2.64. The smallest absolute Gasteiger partial charge is 0.416 e. The number of nitrogens with zero attached hydrogens (tertiary/aromatic N) is 3. The zero-order chi connectivity index (χ0) is 19.4. The molecule has 1 aliphatic heterocycles. The number of halogens is 3. The molecular formula is C19H20F3N3O2. The molecule has 1 amide bonds. The zero-order valence-electron chi connectivity index (χ0n) is 14.9. The van der Waals surface area contributed by atoms with Crippen LogP contribution in [0.4, 0.5) is 13.2 Å². The number of amides is 1. The predicted molar refractivity (Wildman–Crippen MR) is 92.4 cm³/mol. The monoisotopic (exact) mass is 379 g/mol. The zero-order valence-corrected chi connectivity index (χ0v) is 14.9. The topological polar surface area (TPSA) is 55.3 Å². The molecule has 1 saturated heterocycles. The Morgan fingerprint density at radius 3 is 2.70 bits per heavy atom. The van der Waals surface area contributed by atoms with Crippen LogP contribution in [0.3, 0.4) is 0 Å². The number of piperidine rings is 1. The molecule has 0 spiro atoms. The Labute approximate surface area is 155 Å². The van der Waals surface area contributed by atoms with Crippen LogP contribution < -0.4 is 4.74 Å². The predicted octanol–water partition coefficient (Wildman–Crippen LogP) is 3.74. The summed E-state index contributed by atoms with van der Waals surface area (Å²) >= 11 is 0. The van der Waals surface area contributed by atoms with Crippen LogP contribution in [0.25, 0.3) is 0 Å². The van der Waals surface area contributed by atoms with Gasteiger partial charge in [0.25, 0.3) is 5.91 Å². The van der Waals surface area contributed by atoms with E-state index in [0.29, 0.717) is 13.0 Å². The van der Waals surface area contributed by atoms with Crippen LogP contribution in [0.2, 0.25) is 0 Å². The first-order valence-corrected chi connectivity index (χ1v) is 8.81. The standard InChI is InChI=1S/C19H20F3N3O2/c1-2-13-10-23-18(24-11-13)27-16-7-4-8-25(12-16)17(26)14-5-3-6-15(9-14)19(20,21)22/h3,5-6,9-11,16H,2,4,7-8,12H2,1H3. The average Bonchev–Trinajstić information content (AvgIpc) is 2.68. The van der Waals surface area contributed by atoms with Crippen LogP contribution in [0.5, 0.6) is 6.01 Å². The van der Waals surface area contributed by atoms with Crippen molar-refractivity contribution in [1.82, 2.24) is 14.9 Å². The minimum atomic E-state index is -4.48. The lowest BCUT2D eigenvalue weighted by atomic mass is 10.1. The second-order valence-electron chi connectivity index (χ2n) is 6.44. The van der Waals surface area contributed by atoms with Crippen molar-refractivity contribution < 1.29 is 22.7 Å². The molecule has 1 fully saturated rings.